The summed E-state index contributed by atoms with van der Waals surface area (Å²) in [6.45, 7) is 3.17. The Balaban J connectivity index is 0.00000353. The summed E-state index contributed by atoms with van der Waals surface area (Å²) in [4.78, 5) is 28.6. The zero-order valence-corrected chi connectivity index (χ0v) is 27.2. The zero-order valence-electron chi connectivity index (χ0n) is 23.1. The van der Waals surface area contributed by atoms with E-state index in [2.05, 4.69) is 25.7 Å². The van der Waals surface area contributed by atoms with Crippen LogP contribution in [0.3, 0.4) is 0 Å². The first kappa shape index (κ1) is 30.1. The summed E-state index contributed by atoms with van der Waals surface area (Å²) in [5.74, 6) is 0.187. The molecule has 0 saturated carbocycles. The van der Waals surface area contributed by atoms with Crippen LogP contribution in [0.25, 0.3) is 22.0 Å². The van der Waals surface area contributed by atoms with Crippen molar-refractivity contribution >= 4 is 34.4 Å². The number of amides is 2. The van der Waals surface area contributed by atoms with E-state index in [4.69, 9.17) is 11.1 Å². The number of likely N-dealkylation sites (tertiary alicyclic amines) is 2. The maximum atomic E-state index is 14.6. The molecule has 2 amide bonds. The predicted octanol–water partition coefficient (Wildman–Crippen LogP) is 0.983. The topological polar surface area (TPSA) is 162 Å². The van der Waals surface area contributed by atoms with Crippen LogP contribution in [-0.2, 0) is 11.3 Å². The van der Waals surface area contributed by atoms with E-state index in [1.165, 1.54) is 0 Å². The van der Waals surface area contributed by atoms with E-state index in [9.17, 15) is 14.0 Å². The summed E-state index contributed by atoms with van der Waals surface area (Å²) in [6, 6.07) is 6.46. The van der Waals surface area contributed by atoms with Crippen LogP contribution in [-0.4, -0.2) is 103 Å². The van der Waals surface area contributed by atoms with Gasteiger partial charge in [-0.25, -0.2) is 10.9 Å². The summed E-state index contributed by atoms with van der Waals surface area (Å²) in [5.41, 5.74) is 7.99. The second-order valence-electron chi connectivity index (χ2n) is 10.5. The molecule has 4 N–H and O–H groups in total. The number of halogens is 1. The number of hydrogen-bond acceptors (Lipinski definition) is 9. The Morgan fingerprint density at radius 2 is 2.07 bits per heavy atom. The van der Waals surface area contributed by atoms with Gasteiger partial charge in [0.25, 0.3) is 5.91 Å². The van der Waals surface area contributed by atoms with Crippen molar-refractivity contribution in [3.8, 4) is 11.1 Å². The molecule has 3 unspecified atom stereocenters. The van der Waals surface area contributed by atoms with Crippen LogP contribution in [0.5, 0.6) is 0 Å². The first-order valence-electron chi connectivity index (χ1n) is 13.5. The Morgan fingerprint density at radius 3 is 2.79 bits per heavy atom. The number of rotatable bonds is 7. The fourth-order valence-corrected chi connectivity index (χ4v) is 5.70. The van der Waals surface area contributed by atoms with Crippen LogP contribution in [0.4, 0.5) is 4.39 Å². The van der Waals surface area contributed by atoms with E-state index >= 15 is 0 Å². The number of alkyl halides is 1. The van der Waals surface area contributed by atoms with E-state index in [0.717, 1.165) is 29.9 Å². The van der Waals surface area contributed by atoms with Gasteiger partial charge in [0.05, 0.1) is 30.5 Å². The Bertz CT molecular complexity index is 1530. The molecule has 1 aromatic carbocycles. The first-order chi connectivity index (χ1) is 19.8. The summed E-state index contributed by atoms with van der Waals surface area (Å²) in [6.07, 6.45) is 3.63. The van der Waals surface area contributed by atoms with Crippen LogP contribution < -0.4 is 11.1 Å². The van der Waals surface area contributed by atoms with Crippen molar-refractivity contribution in [2.24, 2.45) is 10.8 Å². The third-order valence-electron chi connectivity index (χ3n) is 7.79. The number of primary amides is 1. The monoisotopic (exact) mass is 798 g/mol. The number of aromatic nitrogens is 4. The van der Waals surface area contributed by atoms with Crippen LogP contribution in [0.1, 0.15) is 29.8 Å². The van der Waals surface area contributed by atoms with E-state index in [-0.39, 0.29) is 68.1 Å². The SMILES string of the molecule is CN1CCC(N2CCC(N[CH-]C3CC(F)CN3C(=N)Cn3nc(C(N)=O)c4cc(-c5ccnnc5)ccc43)C2=O)=N1.[U]. The smallest absolute Gasteiger partial charge is 0.269 e. The molecule has 0 spiro atoms. The molecule has 3 aliphatic heterocycles. The minimum Gasteiger partial charge on any atom is -0.458 e. The number of amidine groups is 2. The predicted molar refractivity (Wildman–Crippen MR) is 149 cm³/mol. The molecule has 3 aromatic rings. The van der Waals surface area contributed by atoms with Gasteiger partial charge in [-0.1, -0.05) is 12.1 Å². The minimum absolute atomic E-state index is 0. The van der Waals surface area contributed by atoms with E-state index in [1.54, 1.807) is 33.4 Å². The Morgan fingerprint density at radius 1 is 1.24 bits per heavy atom. The number of benzene rings is 1. The molecule has 6 rings (SSSR count). The van der Waals surface area contributed by atoms with Gasteiger partial charge < -0.3 is 16.0 Å². The molecule has 0 radical (unpaired) electrons. The van der Waals surface area contributed by atoms with E-state index < -0.39 is 24.2 Å². The minimum atomic E-state index is -1.12. The molecule has 0 bridgehead atoms. The molecule has 13 nitrogen and oxygen atoms in total. The van der Waals surface area contributed by atoms with Crippen molar-refractivity contribution < 1.29 is 45.1 Å². The van der Waals surface area contributed by atoms with Crippen molar-refractivity contribution in [3.05, 3.63) is 48.9 Å². The maximum absolute atomic E-state index is 14.6. The van der Waals surface area contributed by atoms with Gasteiger partial charge in [-0.2, -0.15) is 20.4 Å². The largest absolute Gasteiger partial charge is 0.458 e. The van der Waals surface area contributed by atoms with Gasteiger partial charge in [-0.15, -0.1) is 0 Å². The molecule has 3 aliphatic rings. The van der Waals surface area contributed by atoms with Crippen molar-refractivity contribution in [3.63, 3.8) is 0 Å². The van der Waals surface area contributed by atoms with E-state index in [1.807, 2.05) is 36.3 Å². The zero-order chi connectivity index (χ0) is 28.7. The molecule has 2 fully saturated rings. The molecule has 42 heavy (non-hydrogen) atoms. The Labute approximate surface area is 265 Å². The van der Waals surface area contributed by atoms with Gasteiger partial charge in [-0.3, -0.25) is 29.6 Å². The standard InChI is InChI=1S/C27H31FN11O2.U/c1-36-8-6-24(34-36)37-9-5-21(27(37)41)31-13-19-11-18(28)14-38(19)23(29)15-39-22-3-2-16(17-4-7-32-33-12-17)10-20(22)25(35-39)26(30)40;/h2-4,7,10,12-13,18-19,21,29,31H,5-6,8-9,11,14-15H2,1H3,(H2,30,40);/q-1;. The van der Waals surface area contributed by atoms with Crippen LogP contribution >= 0.6 is 0 Å². The number of fused-ring (bicyclic) bond motifs is 1. The number of nitrogens with one attached hydrogen (secondary N) is 2. The van der Waals surface area contributed by atoms with Gasteiger partial charge in [0, 0.05) is 75.2 Å². The average molecular weight is 799 g/mol. The molecule has 5 heterocycles. The van der Waals surface area contributed by atoms with E-state index in [0.29, 0.717) is 23.9 Å². The number of carbonyl (C=O) groups excluding carboxylic acids is 2. The van der Waals surface area contributed by atoms with Gasteiger partial charge in [0.1, 0.15) is 17.8 Å². The molecule has 2 saturated heterocycles. The van der Waals surface area contributed by atoms with Crippen LogP contribution in [0.2, 0.25) is 0 Å². The molecule has 0 aliphatic carbocycles. The summed E-state index contributed by atoms with van der Waals surface area (Å²) < 4.78 is 16.1. The van der Waals surface area contributed by atoms with Crippen molar-refractivity contribution in [2.45, 2.75) is 44.1 Å². The molecular formula is C27H31FN11O2U-. The number of hydrogen-bond donors (Lipinski definition) is 3. The molecule has 2 aromatic heterocycles. The van der Waals surface area contributed by atoms with Gasteiger partial charge in [-0.05, 0) is 36.6 Å². The fraction of sp³-hybridized carbons (Fsp3) is 0.407. The number of nitrogens with two attached hydrogens (primary N) is 1. The van der Waals surface area contributed by atoms with Gasteiger partial charge in [0.15, 0.2) is 5.69 Å². The van der Waals surface area contributed by atoms with Gasteiger partial charge >= 0.3 is 0 Å². The molecule has 3 atom stereocenters. The normalized spacial score (nSPS) is 22.1. The number of nitrogens with zero attached hydrogens (tertiary/aromatic N) is 8. The summed E-state index contributed by atoms with van der Waals surface area (Å²) in [7, 11) is 1.88. The van der Waals surface area contributed by atoms with Crippen LogP contribution in [0, 0.1) is 43.1 Å². The molecule has 218 valence electrons. The number of hydrazone groups is 1. The summed E-state index contributed by atoms with van der Waals surface area (Å²) >= 11 is 0. The second kappa shape index (κ2) is 12.4. The molecular weight excluding hydrogens is 767 g/mol. The van der Waals surface area contributed by atoms with Crippen molar-refractivity contribution in [2.75, 3.05) is 26.7 Å². The third-order valence-corrected chi connectivity index (χ3v) is 7.79. The van der Waals surface area contributed by atoms with Gasteiger partial charge in [0.2, 0.25) is 5.91 Å². The maximum Gasteiger partial charge on any atom is 0.269 e. The summed E-state index contributed by atoms with van der Waals surface area (Å²) in [5, 5.41) is 30.9. The third kappa shape index (κ3) is 5.91. The Hall–Kier alpha value is -3.41. The average Bonchev–Trinajstić information content (AvgIpc) is 3.73. The van der Waals surface area contributed by atoms with Crippen LogP contribution in [0.15, 0.2) is 41.8 Å². The number of carbonyl (C=O) groups is 2. The molecule has 15 heteroatoms. The van der Waals surface area contributed by atoms with Crippen molar-refractivity contribution in [1.29, 1.82) is 5.41 Å². The fourth-order valence-electron chi connectivity index (χ4n) is 5.70. The first-order valence-corrected chi connectivity index (χ1v) is 13.5. The second-order valence-corrected chi connectivity index (χ2v) is 10.5. The Kier molecular flexibility index (Phi) is 8.91. The van der Waals surface area contributed by atoms with Crippen molar-refractivity contribution in [1.82, 2.24) is 40.1 Å². The quantitative estimate of drug-likeness (QED) is 0.181.